The van der Waals surface area contributed by atoms with Crippen molar-refractivity contribution in [2.24, 2.45) is 5.92 Å². The van der Waals surface area contributed by atoms with E-state index in [1.54, 1.807) is 0 Å². The van der Waals surface area contributed by atoms with E-state index in [1.807, 2.05) is 25.5 Å². The molecule has 1 rings (SSSR count). The van der Waals surface area contributed by atoms with Crippen LogP contribution in [0.3, 0.4) is 0 Å². The second-order valence-electron chi connectivity index (χ2n) is 4.60. The van der Waals surface area contributed by atoms with Gasteiger partial charge in [0.25, 0.3) is 0 Å². The lowest BCUT2D eigenvalue weighted by Gasteiger charge is -2.10. The summed E-state index contributed by atoms with van der Waals surface area (Å²) in [6.07, 6.45) is 1.81. The molecule has 17 heavy (non-hydrogen) atoms. The Morgan fingerprint density at radius 2 is 2.24 bits per heavy atom. The zero-order valence-electron chi connectivity index (χ0n) is 11.3. The molecule has 96 valence electrons. The van der Waals surface area contributed by atoms with Gasteiger partial charge in [-0.05, 0) is 32.8 Å². The summed E-state index contributed by atoms with van der Waals surface area (Å²) in [5, 5.41) is 7.33. The quantitative estimate of drug-likeness (QED) is 0.770. The summed E-state index contributed by atoms with van der Waals surface area (Å²) in [4.78, 5) is 11.5. The third-order valence-electron chi connectivity index (χ3n) is 3.01. The highest BCUT2D eigenvalue weighted by molar-refractivity contribution is 5.78. The van der Waals surface area contributed by atoms with Crippen molar-refractivity contribution >= 4 is 5.91 Å². The molecule has 4 nitrogen and oxygen atoms in total. The predicted octanol–water partition coefficient (Wildman–Crippen LogP) is 2.05. The van der Waals surface area contributed by atoms with Crippen LogP contribution < -0.4 is 5.32 Å². The number of carbonyl (C=O) groups is 1. The number of aromatic nitrogens is 2. The highest BCUT2D eigenvalue weighted by atomic mass is 16.1. The lowest BCUT2D eigenvalue weighted by molar-refractivity contribution is -0.124. The van der Waals surface area contributed by atoms with E-state index in [2.05, 4.69) is 23.4 Å². The number of rotatable bonds is 6. The first-order valence-corrected chi connectivity index (χ1v) is 6.33. The van der Waals surface area contributed by atoms with E-state index < -0.39 is 0 Å². The highest BCUT2D eigenvalue weighted by Crippen LogP contribution is 2.03. The van der Waals surface area contributed by atoms with Crippen LogP contribution in [-0.4, -0.2) is 22.2 Å². The lowest BCUT2D eigenvalue weighted by Crippen LogP contribution is -2.30. The molecule has 1 aromatic rings. The van der Waals surface area contributed by atoms with E-state index in [4.69, 9.17) is 0 Å². The van der Waals surface area contributed by atoms with Crippen LogP contribution >= 0.6 is 0 Å². The molecule has 1 N–H and O–H groups in total. The number of carbonyl (C=O) groups excluding carboxylic acids is 1. The summed E-state index contributed by atoms with van der Waals surface area (Å²) < 4.78 is 1.99. The smallest absolute Gasteiger partial charge is 0.222 e. The average molecular weight is 237 g/mol. The standard InChI is InChI=1S/C13H23N3O/c1-5-10(2)13(17)14-7-6-8-16-12(4)9-11(3)15-16/h9-10H,5-8H2,1-4H3,(H,14,17)/t10-/m1/s1. The van der Waals surface area contributed by atoms with E-state index >= 15 is 0 Å². The Kier molecular flexibility index (Phi) is 5.19. The Bertz CT molecular complexity index is 371. The first kappa shape index (κ1) is 13.7. The second-order valence-corrected chi connectivity index (χ2v) is 4.60. The zero-order valence-corrected chi connectivity index (χ0v) is 11.3. The molecule has 0 aliphatic heterocycles. The van der Waals surface area contributed by atoms with Crippen molar-refractivity contribution in [2.45, 2.75) is 47.1 Å². The SMILES string of the molecule is CC[C@@H](C)C(=O)NCCCn1nc(C)cc1C. The predicted molar refractivity (Wildman–Crippen MR) is 68.8 cm³/mol. The number of hydrogen-bond donors (Lipinski definition) is 1. The van der Waals surface area contributed by atoms with Gasteiger partial charge >= 0.3 is 0 Å². The molecule has 0 aromatic carbocycles. The van der Waals surface area contributed by atoms with Gasteiger partial charge in [-0.15, -0.1) is 0 Å². The monoisotopic (exact) mass is 237 g/mol. The normalized spacial score (nSPS) is 12.5. The van der Waals surface area contributed by atoms with Crippen molar-refractivity contribution in [1.82, 2.24) is 15.1 Å². The van der Waals surface area contributed by atoms with Gasteiger partial charge in [0, 0.05) is 24.7 Å². The molecular weight excluding hydrogens is 214 g/mol. The molecule has 0 spiro atoms. The van der Waals surface area contributed by atoms with Gasteiger partial charge in [-0.25, -0.2) is 0 Å². The van der Waals surface area contributed by atoms with Crippen LogP contribution in [-0.2, 0) is 11.3 Å². The Hall–Kier alpha value is -1.32. The summed E-state index contributed by atoms with van der Waals surface area (Å²) in [5.74, 6) is 0.268. The van der Waals surface area contributed by atoms with Crippen LogP contribution in [0.1, 0.15) is 38.1 Å². The molecule has 0 fully saturated rings. The van der Waals surface area contributed by atoms with Crippen molar-refractivity contribution in [1.29, 1.82) is 0 Å². The Labute approximate surface area is 103 Å². The fourth-order valence-electron chi connectivity index (χ4n) is 1.70. The Morgan fingerprint density at radius 1 is 1.53 bits per heavy atom. The van der Waals surface area contributed by atoms with Crippen LogP contribution in [0.25, 0.3) is 0 Å². The largest absolute Gasteiger partial charge is 0.356 e. The van der Waals surface area contributed by atoms with Gasteiger partial charge < -0.3 is 5.32 Å². The summed E-state index contributed by atoms with van der Waals surface area (Å²) in [7, 11) is 0. The van der Waals surface area contributed by atoms with E-state index in [9.17, 15) is 4.79 Å². The molecular formula is C13H23N3O. The summed E-state index contributed by atoms with van der Waals surface area (Å²) >= 11 is 0. The second kappa shape index (κ2) is 6.42. The van der Waals surface area contributed by atoms with Gasteiger partial charge in [0.2, 0.25) is 5.91 Å². The van der Waals surface area contributed by atoms with Gasteiger partial charge in [0.15, 0.2) is 0 Å². The zero-order chi connectivity index (χ0) is 12.8. The molecule has 0 saturated heterocycles. The van der Waals surface area contributed by atoms with Crippen LogP contribution in [0, 0.1) is 19.8 Å². The maximum Gasteiger partial charge on any atom is 0.222 e. The number of aryl methyl sites for hydroxylation is 3. The van der Waals surface area contributed by atoms with Crippen molar-refractivity contribution in [3.8, 4) is 0 Å². The molecule has 1 amide bonds. The average Bonchev–Trinajstić information content (AvgIpc) is 2.62. The summed E-state index contributed by atoms with van der Waals surface area (Å²) in [6, 6.07) is 2.07. The first-order chi connectivity index (χ1) is 8.04. The molecule has 0 bridgehead atoms. The minimum absolute atomic E-state index is 0.115. The molecule has 0 saturated carbocycles. The number of nitrogens with zero attached hydrogens (tertiary/aromatic N) is 2. The maximum absolute atomic E-state index is 11.5. The topological polar surface area (TPSA) is 46.9 Å². The molecule has 0 aliphatic rings. The van der Waals surface area contributed by atoms with E-state index in [0.717, 1.165) is 31.6 Å². The van der Waals surface area contributed by atoms with Crippen LogP contribution in [0.5, 0.6) is 0 Å². The van der Waals surface area contributed by atoms with Crippen molar-refractivity contribution in [2.75, 3.05) is 6.54 Å². The maximum atomic E-state index is 11.5. The van der Waals surface area contributed by atoms with Crippen LogP contribution in [0.15, 0.2) is 6.07 Å². The van der Waals surface area contributed by atoms with Crippen LogP contribution in [0.4, 0.5) is 0 Å². The van der Waals surface area contributed by atoms with Gasteiger partial charge in [0.1, 0.15) is 0 Å². The third-order valence-corrected chi connectivity index (χ3v) is 3.01. The third kappa shape index (κ3) is 4.21. The molecule has 1 aromatic heterocycles. The molecule has 1 heterocycles. The molecule has 1 atom stereocenters. The molecule has 0 unspecified atom stereocenters. The minimum atomic E-state index is 0.115. The van der Waals surface area contributed by atoms with Crippen LogP contribution in [0.2, 0.25) is 0 Å². The molecule has 0 aliphatic carbocycles. The Balaban J connectivity index is 2.25. The number of nitrogens with one attached hydrogen (secondary N) is 1. The van der Waals surface area contributed by atoms with Gasteiger partial charge in [-0.3, -0.25) is 9.48 Å². The molecule has 4 heteroatoms. The van der Waals surface area contributed by atoms with Crippen molar-refractivity contribution < 1.29 is 4.79 Å². The lowest BCUT2D eigenvalue weighted by atomic mass is 10.1. The first-order valence-electron chi connectivity index (χ1n) is 6.33. The summed E-state index contributed by atoms with van der Waals surface area (Å²) in [6.45, 7) is 9.62. The molecule has 0 radical (unpaired) electrons. The van der Waals surface area contributed by atoms with Gasteiger partial charge in [0.05, 0.1) is 5.69 Å². The minimum Gasteiger partial charge on any atom is -0.356 e. The highest BCUT2D eigenvalue weighted by Gasteiger charge is 2.08. The van der Waals surface area contributed by atoms with E-state index in [0.29, 0.717) is 0 Å². The number of amides is 1. The fourth-order valence-corrected chi connectivity index (χ4v) is 1.70. The Morgan fingerprint density at radius 3 is 2.76 bits per heavy atom. The van der Waals surface area contributed by atoms with Crippen molar-refractivity contribution in [3.05, 3.63) is 17.5 Å². The van der Waals surface area contributed by atoms with Gasteiger partial charge in [-0.1, -0.05) is 13.8 Å². The van der Waals surface area contributed by atoms with E-state index in [1.165, 1.54) is 5.69 Å². The van der Waals surface area contributed by atoms with Gasteiger partial charge in [-0.2, -0.15) is 5.10 Å². The van der Waals surface area contributed by atoms with Crippen molar-refractivity contribution in [3.63, 3.8) is 0 Å². The van der Waals surface area contributed by atoms with E-state index in [-0.39, 0.29) is 11.8 Å². The fraction of sp³-hybridized carbons (Fsp3) is 0.692. The number of hydrogen-bond acceptors (Lipinski definition) is 2. The summed E-state index contributed by atoms with van der Waals surface area (Å²) in [5.41, 5.74) is 2.22.